The van der Waals surface area contributed by atoms with Crippen LogP contribution in [-0.2, 0) is 9.59 Å². The molecule has 0 unspecified atom stereocenters. The van der Waals surface area contributed by atoms with Crippen molar-refractivity contribution in [2.24, 2.45) is 11.8 Å². The first-order valence-corrected chi connectivity index (χ1v) is 14.8. The molecule has 2 aromatic carbocycles. The third-order valence-corrected chi connectivity index (χ3v) is 8.82. The minimum Gasteiger partial charge on any atom is -0.356 e. The van der Waals surface area contributed by atoms with E-state index >= 15 is 0 Å². The zero-order chi connectivity index (χ0) is 26.2. The van der Waals surface area contributed by atoms with Crippen LogP contribution in [0.25, 0.3) is 0 Å². The quantitative estimate of drug-likeness (QED) is 0.348. The maximum atomic E-state index is 13.7. The summed E-state index contributed by atoms with van der Waals surface area (Å²) in [4.78, 5) is 32.4. The van der Waals surface area contributed by atoms with Crippen LogP contribution in [0.3, 0.4) is 0 Å². The SMILES string of the molecule is Cl.Cl.O=C(NCCCN1CCCC1)C1C(c2ccccc2)C(C(=O)NCCCN2CCCC2)C1c1ccccc1. The molecule has 2 saturated heterocycles. The molecule has 2 N–H and O–H groups in total. The Hall–Kier alpha value is -2.12. The predicted octanol–water partition coefficient (Wildman–Crippen LogP) is 4.85. The Morgan fingerprint density at radius 2 is 0.950 bits per heavy atom. The summed E-state index contributed by atoms with van der Waals surface area (Å²) in [7, 11) is 0. The Morgan fingerprint density at radius 3 is 1.30 bits per heavy atom. The van der Waals surface area contributed by atoms with Gasteiger partial charge in [-0.25, -0.2) is 0 Å². The van der Waals surface area contributed by atoms with Gasteiger partial charge in [-0.1, -0.05) is 60.7 Å². The molecule has 2 heterocycles. The molecule has 40 heavy (non-hydrogen) atoms. The van der Waals surface area contributed by atoms with Crippen molar-refractivity contribution in [3.05, 3.63) is 71.8 Å². The first-order valence-electron chi connectivity index (χ1n) is 14.8. The van der Waals surface area contributed by atoms with Gasteiger partial charge in [0, 0.05) is 24.9 Å². The topological polar surface area (TPSA) is 64.7 Å². The number of amides is 2. The van der Waals surface area contributed by atoms with Crippen LogP contribution in [0.2, 0.25) is 0 Å². The molecule has 2 aromatic rings. The first-order chi connectivity index (χ1) is 18.7. The maximum Gasteiger partial charge on any atom is 0.224 e. The lowest BCUT2D eigenvalue weighted by atomic mass is 9.52. The van der Waals surface area contributed by atoms with Gasteiger partial charge in [-0.05, 0) is 88.9 Å². The zero-order valence-corrected chi connectivity index (χ0v) is 25.1. The number of halogens is 2. The summed E-state index contributed by atoms with van der Waals surface area (Å²) in [5, 5.41) is 6.50. The predicted molar refractivity (Wildman–Crippen MR) is 166 cm³/mol. The second-order valence-electron chi connectivity index (χ2n) is 11.3. The van der Waals surface area contributed by atoms with Crippen LogP contribution in [0.4, 0.5) is 0 Å². The van der Waals surface area contributed by atoms with Crippen molar-refractivity contribution in [1.29, 1.82) is 0 Å². The number of carbonyl (C=O) groups is 2. The number of carbonyl (C=O) groups excluding carboxylic acids is 2. The van der Waals surface area contributed by atoms with Crippen LogP contribution in [0.15, 0.2) is 60.7 Å². The molecule has 220 valence electrons. The summed E-state index contributed by atoms with van der Waals surface area (Å²) >= 11 is 0. The highest BCUT2D eigenvalue weighted by atomic mass is 35.5. The van der Waals surface area contributed by atoms with E-state index in [1.807, 2.05) is 36.4 Å². The Balaban J connectivity index is 0.00000220. The Morgan fingerprint density at radius 1 is 0.600 bits per heavy atom. The molecule has 3 fully saturated rings. The molecular weight excluding hydrogens is 543 g/mol. The molecule has 5 rings (SSSR count). The van der Waals surface area contributed by atoms with Gasteiger partial charge < -0.3 is 20.4 Å². The van der Waals surface area contributed by atoms with Gasteiger partial charge in [0.25, 0.3) is 0 Å². The largest absolute Gasteiger partial charge is 0.356 e. The van der Waals surface area contributed by atoms with Crippen LogP contribution in [0.1, 0.15) is 61.5 Å². The highest BCUT2D eigenvalue weighted by Crippen LogP contribution is 2.57. The van der Waals surface area contributed by atoms with Gasteiger partial charge in [0.15, 0.2) is 0 Å². The molecule has 0 radical (unpaired) electrons. The van der Waals surface area contributed by atoms with Crippen LogP contribution in [-0.4, -0.2) is 74.0 Å². The fourth-order valence-electron chi connectivity index (χ4n) is 6.86. The van der Waals surface area contributed by atoms with E-state index in [0.29, 0.717) is 13.1 Å². The monoisotopic (exact) mass is 588 g/mol. The van der Waals surface area contributed by atoms with Crippen molar-refractivity contribution in [2.45, 2.75) is 50.4 Å². The summed E-state index contributed by atoms with van der Waals surface area (Å²) in [6, 6.07) is 20.4. The lowest BCUT2D eigenvalue weighted by Gasteiger charge is -2.50. The fourth-order valence-corrected chi connectivity index (χ4v) is 6.86. The summed E-state index contributed by atoms with van der Waals surface area (Å²) in [6.07, 6.45) is 7.07. The Kier molecular flexibility index (Phi) is 13.2. The van der Waals surface area contributed by atoms with Crippen LogP contribution in [0.5, 0.6) is 0 Å². The second kappa shape index (κ2) is 16.4. The number of nitrogens with zero attached hydrogens (tertiary/aromatic N) is 2. The molecule has 0 aromatic heterocycles. The van der Waals surface area contributed by atoms with Gasteiger partial charge in [0.1, 0.15) is 0 Å². The van der Waals surface area contributed by atoms with E-state index in [1.54, 1.807) is 0 Å². The van der Waals surface area contributed by atoms with E-state index in [2.05, 4.69) is 44.7 Å². The third kappa shape index (κ3) is 8.00. The molecule has 1 aliphatic carbocycles. The summed E-state index contributed by atoms with van der Waals surface area (Å²) in [6.45, 7) is 8.16. The number of rotatable bonds is 12. The number of nitrogens with one attached hydrogen (secondary N) is 2. The summed E-state index contributed by atoms with van der Waals surface area (Å²) in [5.41, 5.74) is 2.16. The average molecular weight is 590 g/mol. The van der Waals surface area contributed by atoms with E-state index in [1.165, 1.54) is 51.9 Å². The molecule has 2 aliphatic heterocycles. The van der Waals surface area contributed by atoms with E-state index in [4.69, 9.17) is 0 Å². The number of hydrogen-bond donors (Lipinski definition) is 2. The van der Waals surface area contributed by atoms with Gasteiger partial charge in [-0.15, -0.1) is 24.8 Å². The molecule has 1 saturated carbocycles. The maximum absolute atomic E-state index is 13.7. The van der Waals surface area contributed by atoms with Gasteiger partial charge in [-0.2, -0.15) is 0 Å². The van der Waals surface area contributed by atoms with E-state index in [0.717, 1.165) is 37.1 Å². The molecule has 2 amide bonds. The van der Waals surface area contributed by atoms with Crippen LogP contribution < -0.4 is 10.6 Å². The molecule has 0 atom stereocenters. The standard InChI is InChI=1S/C32H44N4O2.2ClH/c37-31(33-17-11-23-35-19-7-8-20-35)29-27(25-13-3-1-4-14-25)30(28(29)26-15-5-2-6-16-26)32(38)34-18-12-24-36-21-9-10-22-36;;/h1-6,13-16,27-30H,7-12,17-24H2,(H,33,37)(H,34,38);2*1H. The molecular formula is C32H46Cl2N4O2. The summed E-state index contributed by atoms with van der Waals surface area (Å²) < 4.78 is 0. The molecule has 3 aliphatic rings. The molecule has 0 bridgehead atoms. The van der Waals surface area contributed by atoms with Gasteiger partial charge in [0.2, 0.25) is 11.8 Å². The Bertz CT molecular complexity index is 938. The van der Waals surface area contributed by atoms with Gasteiger partial charge >= 0.3 is 0 Å². The lowest BCUT2D eigenvalue weighted by Crippen LogP contribution is -2.56. The molecule has 8 heteroatoms. The fraction of sp³-hybridized carbons (Fsp3) is 0.562. The summed E-state index contributed by atoms with van der Waals surface area (Å²) in [5.74, 6) is -0.615. The van der Waals surface area contributed by atoms with Crippen LogP contribution in [0, 0.1) is 11.8 Å². The van der Waals surface area contributed by atoms with E-state index in [9.17, 15) is 9.59 Å². The minimum absolute atomic E-state index is 0. The van der Waals surface area contributed by atoms with Crippen LogP contribution >= 0.6 is 24.8 Å². The van der Waals surface area contributed by atoms with E-state index < -0.39 is 0 Å². The highest BCUT2D eigenvalue weighted by molar-refractivity contribution is 5.90. The van der Waals surface area contributed by atoms with Crippen molar-refractivity contribution < 1.29 is 9.59 Å². The van der Waals surface area contributed by atoms with Gasteiger partial charge in [0.05, 0.1) is 11.8 Å². The minimum atomic E-state index is -0.257. The lowest BCUT2D eigenvalue weighted by molar-refractivity contribution is -0.140. The van der Waals surface area contributed by atoms with Crippen molar-refractivity contribution in [1.82, 2.24) is 20.4 Å². The zero-order valence-electron chi connectivity index (χ0n) is 23.5. The average Bonchev–Trinajstić information content (AvgIpc) is 3.65. The smallest absolute Gasteiger partial charge is 0.224 e. The van der Waals surface area contributed by atoms with Crippen molar-refractivity contribution in [3.8, 4) is 0 Å². The number of hydrogen-bond acceptors (Lipinski definition) is 4. The van der Waals surface area contributed by atoms with Crippen molar-refractivity contribution in [3.63, 3.8) is 0 Å². The van der Waals surface area contributed by atoms with Gasteiger partial charge in [-0.3, -0.25) is 9.59 Å². The number of benzene rings is 2. The molecule has 6 nitrogen and oxygen atoms in total. The second-order valence-corrected chi connectivity index (χ2v) is 11.3. The van der Waals surface area contributed by atoms with Crippen molar-refractivity contribution in [2.75, 3.05) is 52.4 Å². The first kappa shape index (κ1) is 32.4. The van der Waals surface area contributed by atoms with Crippen molar-refractivity contribution >= 4 is 36.6 Å². The Labute approximate surface area is 252 Å². The van der Waals surface area contributed by atoms with E-state index in [-0.39, 0.29) is 60.3 Å². The number of likely N-dealkylation sites (tertiary alicyclic amines) is 2. The molecule has 0 spiro atoms. The normalized spacial score (nSPS) is 24.4. The highest BCUT2D eigenvalue weighted by Gasteiger charge is 2.57. The third-order valence-electron chi connectivity index (χ3n) is 8.82.